The Kier molecular flexibility index (Phi) is 6.87. The van der Waals surface area contributed by atoms with Crippen LogP contribution in [-0.2, 0) is 24.6 Å². The molecule has 47 heavy (non-hydrogen) atoms. The molecule has 4 aromatic rings. The van der Waals surface area contributed by atoms with E-state index in [1.807, 2.05) is 110 Å². The van der Waals surface area contributed by atoms with E-state index in [1.54, 1.807) is 0 Å². The second-order valence-electron chi connectivity index (χ2n) is 13.3. The van der Waals surface area contributed by atoms with Crippen molar-refractivity contribution in [1.82, 2.24) is 4.90 Å². The van der Waals surface area contributed by atoms with Gasteiger partial charge in [0.05, 0.1) is 17.3 Å². The fourth-order valence-electron chi connectivity index (χ4n) is 9.23. The summed E-state index contributed by atoms with van der Waals surface area (Å²) in [7, 11) is 0. The zero-order valence-corrected chi connectivity index (χ0v) is 26.1. The fraction of sp³-hybridized carbons (Fsp3) is 0.268. The number of hydrogen-bond donors (Lipinski definition) is 1. The van der Waals surface area contributed by atoms with Crippen molar-refractivity contribution < 1.29 is 24.3 Å². The molecule has 0 aromatic heterocycles. The molecule has 6 nitrogen and oxygen atoms in total. The molecule has 0 unspecified atom stereocenters. The van der Waals surface area contributed by atoms with Crippen LogP contribution < -0.4 is 0 Å². The third-order valence-electron chi connectivity index (χ3n) is 11.2. The highest BCUT2D eigenvalue weighted by Crippen LogP contribution is 2.64. The Morgan fingerprint density at radius 2 is 1.51 bits per heavy atom. The van der Waals surface area contributed by atoms with Crippen LogP contribution in [0.25, 0.3) is 16.3 Å². The normalized spacial score (nSPS) is 28.4. The van der Waals surface area contributed by atoms with Gasteiger partial charge in [0.25, 0.3) is 0 Å². The van der Waals surface area contributed by atoms with E-state index in [-0.39, 0.29) is 35.6 Å². The van der Waals surface area contributed by atoms with Gasteiger partial charge in [-0.25, -0.2) is 0 Å². The van der Waals surface area contributed by atoms with E-state index in [1.165, 1.54) is 11.0 Å². The molecule has 1 heterocycles. The number of rotatable bonds is 5. The topological polar surface area (TPSA) is 91.8 Å². The van der Waals surface area contributed by atoms with E-state index in [0.717, 1.165) is 11.0 Å². The molecule has 6 atom stereocenters. The van der Waals surface area contributed by atoms with E-state index < -0.39 is 35.0 Å². The van der Waals surface area contributed by atoms with Crippen molar-refractivity contribution in [2.24, 2.45) is 23.7 Å². The molecule has 1 aliphatic heterocycles. The standard InChI is InChI=1S/C41H35NO5/c1-2-21-42-39(46)29-20-19-28-32(35(29)40(42)47)22-33-38(45)31(24-11-5-3-6-12-24)23-34(43)41(33,26-14-7-4-8-15-26)36(28)30-18-17-25-13-9-10-16-27(25)37(30)44/h3-19,23,29,32-33,35-36,44H,2,20-22H2,1H3/t29-,32+,33-,35-,36+,41-/m0/s1. The van der Waals surface area contributed by atoms with E-state index in [4.69, 9.17) is 0 Å². The van der Waals surface area contributed by atoms with Crippen molar-refractivity contribution in [3.05, 3.63) is 131 Å². The van der Waals surface area contributed by atoms with Crippen molar-refractivity contribution in [3.63, 3.8) is 0 Å². The van der Waals surface area contributed by atoms with Gasteiger partial charge in [0, 0.05) is 34.9 Å². The molecule has 0 bridgehead atoms. The predicted octanol–water partition coefficient (Wildman–Crippen LogP) is 6.78. The lowest BCUT2D eigenvalue weighted by molar-refractivity contribution is -0.140. The Hall–Kier alpha value is -5.10. The first-order chi connectivity index (χ1) is 22.9. The minimum atomic E-state index is -1.37. The molecule has 4 aliphatic rings. The second-order valence-corrected chi connectivity index (χ2v) is 13.3. The molecule has 6 heteroatoms. The van der Waals surface area contributed by atoms with Crippen LogP contribution in [0.15, 0.2) is 115 Å². The third kappa shape index (κ3) is 4.10. The summed E-state index contributed by atoms with van der Waals surface area (Å²) >= 11 is 0. The van der Waals surface area contributed by atoms with Gasteiger partial charge in [-0.05, 0) is 47.8 Å². The highest BCUT2D eigenvalue weighted by atomic mass is 16.3. The first-order valence-electron chi connectivity index (χ1n) is 16.5. The summed E-state index contributed by atoms with van der Waals surface area (Å²) in [6.45, 7) is 2.31. The lowest BCUT2D eigenvalue weighted by Gasteiger charge is -2.55. The SMILES string of the molecule is CCCN1C(=O)[C@H]2[C@H](CC=C3[C@H]2C[C@H]2C(=O)C(c4ccccc4)=CC(=O)[C@@]2(c2ccccc2)[C@H]3c2ccc3ccccc3c2O)C1=O. The molecule has 234 valence electrons. The van der Waals surface area contributed by atoms with Gasteiger partial charge in [0.1, 0.15) is 5.75 Å². The molecule has 0 radical (unpaired) electrons. The Bertz CT molecular complexity index is 2030. The molecule has 8 rings (SSSR count). The molecule has 1 saturated carbocycles. The number of carbonyl (C=O) groups is 4. The largest absolute Gasteiger partial charge is 0.507 e. The van der Waals surface area contributed by atoms with Crippen molar-refractivity contribution in [1.29, 1.82) is 0 Å². The first-order valence-corrected chi connectivity index (χ1v) is 16.5. The summed E-state index contributed by atoms with van der Waals surface area (Å²) in [5.41, 5.74) is 1.75. The van der Waals surface area contributed by atoms with Crippen LogP contribution in [0.2, 0.25) is 0 Å². The number of nitrogens with zero attached hydrogens (tertiary/aromatic N) is 1. The lowest BCUT2D eigenvalue weighted by atomic mass is 9.44. The van der Waals surface area contributed by atoms with Gasteiger partial charge in [-0.2, -0.15) is 0 Å². The summed E-state index contributed by atoms with van der Waals surface area (Å²) in [4.78, 5) is 59.2. The van der Waals surface area contributed by atoms with Crippen molar-refractivity contribution in [2.45, 2.75) is 37.5 Å². The van der Waals surface area contributed by atoms with Gasteiger partial charge in [0.2, 0.25) is 11.8 Å². The van der Waals surface area contributed by atoms with Crippen molar-refractivity contribution in [2.75, 3.05) is 6.54 Å². The Labute approximate surface area is 273 Å². The van der Waals surface area contributed by atoms with Gasteiger partial charge in [-0.3, -0.25) is 24.1 Å². The van der Waals surface area contributed by atoms with Crippen LogP contribution in [-0.4, -0.2) is 39.9 Å². The predicted molar refractivity (Wildman–Crippen MR) is 179 cm³/mol. The number of phenols is 1. The van der Waals surface area contributed by atoms with Crippen LogP contribution >= 0.6 is 0 Å². The molecule has 1 N–H and O–H groups in total. The highest BCUT2D eigenvalue weighted by Gasteiger charge is 2.66. The van der Waals surface area contributed by atoms with Crippen LogP contribution in [0.3, 0.4) is 0 Å². The van der Waals surface area contributed by atoms with E-state index in [9.17, 15) is 19.5 Å². The molecule has 3 aliphatic carbocycles. The summed E-state index contributed by atoms with van der Waals surface area (Å²) in [6, 6.07) is 30.1. The third-order valence-corrected chi connectivity index (χ3v) is 11.2. The van der Waals surface area contributed by atoms with Gasteiger partial charge in [0.15, 0.2) is 11.6 Å². The minimum Gasteiger partial charge on any atom is -0.507 e. The number of phenolic OH excluding ortho intramolecular Hbond substituents is 1. The number of hydrogen-bond acceptors (Lipinski definition) is 5. The maximum atomic E-state index is 15.1. The van der Waals surface area contributed by atoms with Crippen LogP contribution in [0, 0.1) is 23.7 Å². The van der Waals surface area contributed by atoms with E-state index in [0.29, 0.717) is 47.0 Å². The van der Waals surface area contributed by atoms with Crippen molar-refractivity contribution in [3.8, 4) is 5.75 Å². The monoisotopic (exact) mass is 621 g/mol. The fourth-order valence-corrected chi connectivity index (χ4v) is 9.23. The molecule has 2 amide bonds. The molecular weight excluding hydrogens is 586 g/mol. The maximum absolute atomic E-state index is 15.1. The van der Waals surface area contributed by atoms with Crippen molar-refractivity contribution >= 4 is 39.7 Å². The van der Waals surface area contributed by atoms with Crippen LogP contribution in [0.5, 0.6) is 5.75 Å². The number of Topliss-reactive ketones (excluding diaryl/α,β-unsaturated/α-hetero) is 1. The first kappa shape index (κ1) is 29.3. The number of likely N-dealkylation sites (tertiary alicyclic amines) is 1. The molecule has 2 fully saturated rings. The minimum absolute atomic E-state index is 0.0605. The van der Waals surface area contributed by atoms with Crippen LogP contribution in [0.4, 0.5) is 0 Å². The number of ketones is 2. The number of fused-ring (bicyclic) bond motifs is 5. The van der Waals surface area contributed by atoms with E-state index in [2.05, 4.69) is 0 Å². The summed E-state index contributed by atoms with van der Waals surface area (Å²) in [6.07, 6.45) is 4.83. The zero-order valence-electron chi connectivity index (χ0n) is 26.1. The number of allylic oxidation sites excluding steroid dienone is 4. The van der Waals surface area contributed by atoms with Gasteiger partial charge in [-0.15, -0.1) is 0 Å². The zero-order chi connectivity index (χ0) is 32.4. The summed E-state index contributed by atoms with van der Waals surface area (Å²) < 4.78 is 0. The van der Waals surface area contributed by atoms with Gasteiger partial charge in [-0.1, -0.05) is 116 Å². The highest BCUT2D eigenvalue weighted by molar-refractivity contribution is 6.31. The maximum Gasteiger partial charge on any atom is 0.233 e. The molecule has 4 aromatic carbocycles. The molecular formula is C41H35NO5. The average molecular weight is 622 g/mol. The van der Waals surface area contributed by atoms with Gasteiger partial charge >= 0.3 is 0 Å². The summed E-state index contributed by atoms with van der Waals surface area (Å²) in [5, 5.41) is 13.6. The Morgan fingerprint density at radius 3 is 2.26 bits per heavy atom. The van der Waals surface area contributed by atoms with Gasteiger partial charge < -0.3 is 5.11 Å². The number of aromatic hydroxyl groups is 1. The molecule has 0 spiro atoms. The number of imide groups is 1. The number of carbonyl (C=O) groups excluding carboxylic acids is 4. The second kappa shape index (κ2) is 11.0. The number of benzene rings is 4. The number of amides is 2. The Morgan fingerprint density at radius 1 is 0.809 bits per heavy atom. The molecule has 1 saturated heterocycles. The summed E-state index contributed by atoms with van der Waals surface area (Å²) in [5.74, 6) is -3.80. The quantitative estimate of drug-likeness (QED) is 0.196. The van der Waals surface area contributed by atoms with Crippen LogP contribution in [0.1, 0.15) is 48.8 Å². The Balaban J connectivity index is 1.42. The lowest BCUT2D eigenvalue weighted by Crippen LogP contribution is -2.58. The van der Waals surface area contributed by atoms with E-state index >= 15 is 4.79 Å². The smallest absolute Gasteiger partial charge is 0.233 e. The average Bonchev–Trinajstić information content (AvgIpc) is 3.35.